The van der Waals surface area contributed by atoms with Crippen LogP contribution in [-0.4, -0.2) is 37.8 Å². The van der Waals surface area contributed by atoms with Crippen LogP contribution in [0, 0.1) is 10.1 Å². The highest BCUT2D eigenvalue weighted by Gasteiger charge is 2.19. The molecule has 0 radical (unpaired) electrons. The number of nitro benzene ring substituents is 1. The summed E-state index contributed by atoms with van der Waals surface area (Å²) in [7, 11) is -2.08. The first-order valence-electron chi connectivity index (χ1n) is 7.33. The van der Waals surface area contributed by atoms with Gasteiger partial charge in [0.05, 0.1) is 10.7 Å². The van der Waals surface area contributed by atoms with Crippen LogP contribution in [-0.2, 0) is 15.8 Å². The average Bonchev–Trinajstić information content (AvgIpc) is 2.56. The standard InChI is InChI=1S/C16H17ClN2O5S/c1-18(10-11-24-16-8-4-14(17)5-9-16)25(22,23)12-13-2-6-15(7-3-13)19(20)21/h2-9H,10-12H2,1H3. The van der Waals surface area contributed by atoms with E-state index in [4.69, 9.17) is 16.3 Å². The Hall–Kier alpha value is -2.16. The average molecular weight is 385 g/mol. The van der Waals surface area contributed by atoms with E-state index in [1.807, 2.05) is 0 Å². The Morgan fingerprint density at radius 2 is 1.72 bits per heavy atom. The Morgan fingerprint density at radius 1 is 1.12 bits per heavy atom. The maximum atomic E-state index is 12.3. The first-order valence-corrected chi connectivity index (χ1v) is 9.32. The molecule has 2 rings (SSSR count). The minimum atomic E-state index is -3.55. The van der Waals surface area contributed by atoms with Gasteiger partial charge in [-0.1, -0.05) is 23.7 Å². The molecule has 0 saturated heterocycles. The zero-order valence-corrected chi connectivity index (χ0v) is 15.0. The fourth-order valence-corrected chi connectivity index (χ4v) is 3.31. The fourth-order valence-electron chi connectivity index (χ4n) is 2.00. The van der Waals surface area contributed by atoms with Crippen LogP contribution in [0.4, 0.5) is 5.69 Å². The van der Waals surface area contributed by atoms with E-state index < -0.39 is 14.9 Å². The second kappa shape index (κ2) is 8.28. The van der Waals surface area contributed by atoms with E-state index in [1.165, 1.54) is 35.6 Å². The van der Waals surface area contributed by atoms with Gasteiger partial charge in [-0.25, -0.2) is 12.7 Å². The van der Waals surface area contributed by atoms with Gasteiger partial charge in [0.15, 0.2) is 0 Å². The van der Waals surface area contributed by atoms with E-state index in [-0.39, 0.29) is 24.6 Å². The number of hydrogen-bond acceptors (Lipinski definition) is 5. The molecular weight excluding hydrogens is 368 g/mol. The molecule has 0 spiro atoms. The molecule has 0 atom stereocenters. The Balaban J connectivity index is 1.89. The summed E-state index contributed by atoms with van der Waals surface area (Å²) in [6.07, 6.45) is 0. The van der Waals surface area contributed by atoms with Crippen LogP contribution in [0.15, 0.2) is 48.5 Å². The maximum absolute atomic E-state index is 12.3. The van der Waals surface area contributed by atoms with E-state index in [2.05, 4.69) is 0 Å². The van der Waals surface area contributed by atoms with Crippen molar-refractivity contribution in [3.05, 3.63) is 69.2 Å². The van der Waals surface area contributed by atoms with Crippen molar-refractivity contribution in [2.24, 2.45) is 0 Å². The molecule has 0 amide bonds. The minimum absolute atomic E-state index is 0.0779. The summed E-state index contributed by atoms with van der Waals surface area (Å²) in [6.45, 7) is 0.371. The summed E-state index contributed by atoms with van der Waals surface area (Å²) in [6, 6.07) is 12.2. The topological polar surface area (TPSA) is 89.8 Å². The number of likely N-dealkylation sites (N-methyl/N-ethyl adjacent to an activating group) is 1. The predicted octanol–water partition coefficient (Wildman–Crippen LogP) is 3.09. The maximum Gasteiger partial charge on any atom is 0.269 e. The van der Waals surface area contributed by atoms with Gasteiger partial charge in [-0.2, -0.15) is 0 Å². The molecule has 0 aliphatic heterocycles. The van der Waals surface area contributed by atoms with Crippen molar-refractivity contribution in [2.75, 3.05) is 20.2 Å². The highest BCUT2D eigenvalue weighted by atomic mass is 35.5. The number of nitro groups is 1. The van der Waals surface area contributed by atoms with Crippen molar-refractivity contribution in [2.45, 2.75) is 5.75 Å². The molecule has 7 nitrogen and oxygen atoms in total. The first kappa shape index (κ1) is 19.2. The van der Waals surface area contributed by atoms with Crippen LogP contribution in [0.25, 0.3) is 0 Å². The molecule has 2 aromatic carbocycles. The highest BCUT2D eigenvalue weighted by molar-refractivity contribution is 7.88. The SMILES string of the molecule is CN(CCOc1ccc(Cl)cc1)S(=O)(=O)Cc1ccc([N+](=O)[O-])cc1. The second-order valence-electron chi connectivity index (χ2n) is 5.30. The van der Waals surface area contributed by atoms with Crippen molar-refractivity contribution in [1.82, 2.24) is 4.31 Å². The van der Waals surface area contributed by atoms with Crippen molar-refractivity contribution in [3.63, 3.8) is 0 Å². The Labute approximate surface area is 151 Å². The van der Waals surface area contributed by atoms with E-state index in [9.17, 15) is 18.5 Å². The molecule has 0 fully saturated rings. The van der Waals surface area contributed by atoms with E-state index in [0.29, 0.717) is 16.3 Å². The van der Waals surface area contributed by atoms with Gasteiger partial charge in [0, 0.05) is 30.7 Å². The quantitative estimate of drug-likeness (QED) is 0.515. The number of hydrogen-bond donors (Lipinski definition) is 0. The Bertz CT molecular complexity index is 823. The van der Waals surface area contributed by atoms with Gasteiger partial charge >= 0.3 is 0 Å². The lowest BCUT2D eigenvalue weighted by Crippen LogP contribution is -2.32. The lowest BCUT2D eigenvalue weighted by molar-refractivity contribution is -0.384. The number of ether oxygens (including phenoxy) is 1. The molecule has 0 unspecified atom stereocenters. The van der Waals surface area contributed by atoms with Gasteiger partial charge < -0.3 is 4.74 Å². The number of nitrogens with zero attached hydrogens (tertiary/aromatic N) is 2. The molecule has 2 aromatic rings. The van der Waals surface area contributed by atoms with Gasteiger partial charge in [0.1, 0.15) is 12.4 Å². The number of rotatable bonds is 8. The van der Waals surface area contributed by atoms with Crippen LogP contribution in [0.2, 0.25) is 5.02 Å². The molecule has 0 N–H and O–H groups in total. The second-order valence-corrected chi connectivity index (χ2v) is 7.82. The minimum Gasteiger partial charge on any atom is -0.492 e. The van der Waals surface area contributed by atoms with Crippen LogP contribution >= 0.6 is 11.6 Å². The molecule has 0 bridgehead atoms. The number of non-ortho nitro benzene ring substituents is 1. The van der Waals surface area contributed by atoms with Gasteiger partial charge in [0.25, 0.3) is 5.69 Å². The van der Waals surface area contributed by atoms with Crippen molar-refractivity contribution in [3.8, 4) is 5.75 Å². The summed E-state index contributed by atoms with van der Waals surface area (Å²) in [5.74, 6) is 0.369. The third kappa shape index (κ3) is 5.70. The van der Waals surface area contributed by atoms with E-state index >= 15 is 0 Å². The largest absolute Gasteiger partial charge is 0.492 e. The third-order valence-electron chi connectivity index (χ3n) is 3.46. The molecular formula is C16H17ClN2O5S. The Morgan fingerprint density at radius 3 is 2.28 bits per heavy atom. The summed E-state index contributed by atoms with van der Waals surface area (Å²) in [5.41, 5.74) is 0.405. The smallest absolute Gasteiger partial charge is 0.269 e. The molecule has 9 heteroatoms. The Kier molecular flexibility index (Phi) is 6.35. The molecule has 25 heavy (non-hydrogen) atoms. The van der Waals surface area contributed by atoms with Crippen LogP contribution < -0.4 is 4.74 Å². The summed E-state index contributed by atoms with van der Waals surface area (Å²) < 4.78 is 31.3. The van der Waals surface area contributed by atoms with Crippen molar-refractivity contribution in [1.29, 1.82) is 0 Å². The summed E-state index contributed by atoms with van der Waals surface area (Å²) in [4.78, 5) is 10.1. The van der Waals surface area contributed by atoms with E-state index in [1.54, 1.807) is 24.3 Å². The number of benzene rings is 2. The van der Waals surface area contributed by atoms with Gasteiger partial charge in [-0.05, 0) is 29.8 Å². The molecule has 0 aliphatic rings. The molecule has 134 valence electrons. The lowest BCUT2D eigenvalue weighted by Gasteiger charge is -2.17. The zero-order valence-electron chi connectivity index (χ0n) is 13.5. The number of halogens is 1. The molecule has 0 aromatic heterocycles. The molecule has 0 saturated carbocycles. The van der Waals surface area contributed by atoms with Crippen molar-refractivity contribution < 1.29 is 18.1 Å². The first-order chi connectivity index (χ1) is 11.8. The third-order valence-corrected chi connectivity index (χ3v) is 5.54. The normalized spacial score (nSPS) is 11.5. The monoisotopic (exact) mass is 384 g/mol. The van der Waals surface area contributed by atoms with Crippen LogP contribution in [0.5, 0.6) is 5.75 Å². The molecule has 0 heterocycles. The summed E-state index contributed by atoms with van der Waals surface area (Å²) >= 11 is 5.78. The summed E-state index contributed by atoms with van der Waals surface area (Å²) in [5, 5.41) is 11.2. The van der Waals surface area contributed by atoms with Gasteiger partial charge in [-0.3, -0.25) is 10.1 Å². The van der Waals surface area contributed by atoms with E-state index in [0.717, 1.165) is 0 Å². The van der Waals surface area contributed by atoms with Crippen LogP contribution in [0.3, 0.4) is 0 Å². The zero-order chi connectivity index (χ0) is 18.4. The predicted molar refractivity (Wildman–Crippen MR) is 95.3 cm³/mol. The fraction of sp³-hybridized carbons (Fsp3) is 0.250. The van der Waals surface area contributed by atoms with Crippen LogP contribution in [0.1, 0.15) is 5.56 Å². The van der Waals surface area contributed by atoms with Gasteiger partial charge in [0.2, 0.25) is 10.0 Å². The van der Waals surface area contributed by atoms with Crippen molar-refractivity contribution >= 4 is 27.3 Å². The van der Waals surface area contributed by atoms with Gasteiger partial charge in [-0.15, -0.1) is 0 Å². The number of sulfonamides is 1. The molecule has 0 aliphatic carbocycles. The highest BCUT2D eigenvalue weighted by Crippen LogP contribution is 2.17. The lowest BCUT2D eigenvalue weighted by atomic mass is 10.2.